The molecule has 0 atom stereocenters. The lowest BCUT2D eigenvalue weighted by atomic mass is 10.2. The van der Waals surface area contributed by atoms with E-state index in [4.69, 9.17) is 0 Å². The van der Waals surface area contributed by atoms with Crippen LogP contribution in [0.3, 0.4) is 0 Å². The maximum Gasteiger partial charge on any atom is 0.161 e. The van der Waals surface area contributed by atoms with Gasteiger partial charge in [-0.3, -0.25) is 4.98 Å². The molecule has 2 aromatic heterocycles. The first-order valence-corrected chi connectivity index (χ1v) is 8.54. The van der Waals surface area contributed by atoms with Crippen molar-refractivity contribution in [3.63, 3.8) is 0 Å². The van der Waals surface area contributed by atoms with Crippen molar-refractivity contribution in [3.8, 4) is 11.4 Å². The van der Waals surface area contributed by atoms with Gasteiger partial charge in [-0.25, -0.2) is 9.97 Å². The SMILES string of the molecule is CCc1cc(NCC2(SC)CC2)nc(-c2ccncc2)n1. The number of nitrogens with zero attached hydrogens (tertiary/aromatic N) is 3. The summed E-state index contributed by atoms with van der Waals surface area (Å²) < 4.78 is 0.425. The number of thioether (sulfide) groups is 1. The molecule has 1 aliphatic carbocycles. The monoisotopic (exact) mass is 300 g/mol. The smallest absolute Gasteiger partial charge is 0.161 e. The lowest BCUT2D eigenvalue weighted by molar-refractivity contribution is 0.929. The number of aromatic nitrogens is 3. The molecule has 4 nitrogen and oxygen atoms in total. The standard InChI is InChI=1S/C16H20N4S/c1-3-13-10-14(18-11-16(21-2)6-7-16)20-15(19-13)12-4-8-17-9-5-12/h4-5,8-10H,3,6-7,11H2,1-2H3,(H,18,19,20). The van der Waals surface area contributed by atoms with Crippen molar-refractivity contribution in [2.75, 3.05) is 18.1 Å². The fourth-order valence-electron chi connectivity index (χ4n) is 2.24. The predicted octanol–water partition coefficient (Wildman–Crippen LogP) is 3.41. The van der Waals surface area contributed by atoms with Gasteiger partial charge in [0.1, 0.15) is 5.82 Å². The molecule has 1 fully saturated rings. The van der Waals surface area contributed by atoms with Crippen molar-refractivity contribution in [2.45, 2.75) is 30.9 Å². The Labute approximate surface area is 129 Å². The zero-order chi connectivity index (χ0) is 14.7. The Bertz CT molecular complexity index is 611. The molecule has 0 bridgehead atoms. The Morgan fingerprint density at radius 1 is 1.24 bits per heavy atom. The number of hydrogen-bond donors (Lipinski definition) is 1. The predicted molar refractivity (Wildman–Crippen MR) is 88.6 cm³/mol. The first kappa shape index (κ1) is 14.3. The topological polar surface area (TPSA) is 50.7 Å². The summed E-state index contributed by atoms with van der Waals surface area (Å²) in [7, 11) is 0. The largest absolute Gasteiger partial charge is 0.369 e. The second kappa shape index (κ2) is 6.02. The van der Waals surface area contributed by atoms with Crippen molar-refractivity contribution in [2.24, 2.45) is 0 Å². The maximum atomic E-state index is 4.66. The van der Waals surface area contributed by atoms with Crippen LogP contribution in [0, 0.1) is 0 Å². The molecule has 1 N–H and O–H groups in total. The van der Waals surface area contributed by atoms with Crippen LogP contribution in [0.4, 0.5) is 5.82 Å². The van der Waals surface area contributed by atoms with Gasteiger partial charge in [-0.2, -0.15) is 11.8 Å². The molecule has 0 aromatic carbocycles. The van der Waals surface area contributed by atoms with Gasteiger partial charge in [0.2, 0.25) is 0 Å². The molecule has 1 saturated carbocycles. The summed E-state index contributed by atoms with van der Waals surface area (Å²) in [5.74, 6) is 1.70. The molecule has 0 spiro atoms. The van der Waals surface area contributed by atoms with Gasteiger partial charge >= 0.3 is 0 Å². The maximum absolute atomic E-state index is 4.66. The highest BCUT2D eigenvalue weighted by Crippen LogP contribution is 2.46. The summed E-state index contributed by atoms with van der Waals surface area (Å²) in [6.45, 7) is 3.09. The zero-order valence-corrected chi connectivity index (χ0v) is 13.3. The Morgan fingerprint density at radius 2 is 2.00 bits per heavy atom. The van der Waals surface area contributed by atoms with E-state index >= 15 is 0 Å². The van der Waals surface area contributed by atoms with E-state index in [1.165, 1.54) is 12.8 Å². The van der Waals surface area contributed by atoms with Crippen LogP contribution < -0.4 is 5.32 Å². The summed E-state index contributed by atoms with van der Waals surface area (Å²) in [5.41, 5.74) is 2.07. The number of pyridine rings is 1. The van der Waals surface area contributed by atoms with Crippen molar-refractivity contribution < 1.29 is 0 Å². The molecule has 5 heteroatoms. The summed E-state index contributed by atoms with van der Waals surface area (Å²) in [6, 6.07) is 5.95. The number of hydrogen-bond acceptors (Lipinski definition) is 5. The highest BCUT2D eigenvalue weighted by Gasteiger charge is 2.41. The van der Waals surface area contributed by atoms with E-state index in [0.717, 1.165) is 35.9 Å². The first-order valence-electron chi connectivity index (χ1n) is 7.32. The first-order chi connectivity index (χ1) is 10.2. The number of aryl methyl sites for hydroxylation is 1. The van der Waals surface area contributed by atoms with Crippen LogP contribution in [-0.2, 0) is 6.42 Å². The van der Waals surface area contributed by atoms with Crippen molar-refractivity contribution in [3.05, 3.63) is 36.3 Å². The van der Waals surface area contributed by atoms with Gasteiger partial charge in [0, 0.05) is 41.0 Å². The third kappa shape index (κ3) is 3.35. The van der Waals surface area contributed by atoms with E-state index in [0.29, 0.717) is 4.75 Å². The third-order valence-electron chi connectivity index (χ3n) is 3.91. The van der Waals surface area contributed by atoms with Crippen LogP contribution in [0.5, 0.6) is 0 Å². The molecule has 1 aliphatic rings. The highest BCUT2D eigenvalue weighted by molar-refractivity contribution is 8.00. The van der Waals surface area contributed by atoms with Crippen LogP contribution in [0.15, 0.2) is 30.6 Å². The van der Waals surface area contributed by atoms with Crippen molar-refractivity contribution in [1.29, 1.82) is 0 Å². The van der Waals surface area contributed by atoms with Crippen LogP contribution in [0.1, 0.15) is 25.5 Å². The van der Waals surface area contributed by atoms with Gasteiger partial charge in [0.15, 0.2) is 5.82 Å². The average Bonchev–Trinajstić information content (AvgIpc) is 3.34. The lowest BCUT2D eigenvalue weighted by Crippen LogP contribution is -2.18. The molecular weight excluding hydrogens is 280 g/mol. The van der Waals surface area contributed by atoms with Gasteiger partial charge in [0.25, 0.3) is 0 Å². The molecule has 0 radical (unpaired) electrons. The third-order valence-corrected chi connectivity index (χ3v) is 5.33. The van der Waals surface area contributed by atoms with E-state index in [-0.39, 0.29) is 0 Å². The van der Waals surface area contributed by atoms with Crippen LogP contribution in [-0.4, -0.2) is 32.5 Å². The number of rotatable bonds is 6. The van der Waals surface area contributed by atoms with E-state index in [1.807, 2.05) is 23.9 Å². The zero-order valence-electron chi connectivity index (χ0n) is 12.5. The molecular formula is C16H20N4S. The molecule has 110 valence electrons. The summed E-state index contributed by atoms with van der Waals surface area (Å²) in [4.78, 5) is 13.3. The normalized spacial score (nSPS) is 15.7. The molecule has 3 rings (SSSR count). The second-order valence-electron chi connectivity index (χ2n) is 5.40. The fourth-order valence-corrected chi connectivity index (χ4v) is 2.97. The Hall–Kier alpha value is -1.62. The molecule has 21 heavy (non-hydrogen) atoms. The van der Waals surface area contributed by atoms with Gasteiger partial charge < -0.3 is 5.32 Å². The van der Waals surface area contributed by atoms with Gasteiger partial charge in [-0.15, -0.1) is 0 Å². The van der Waals surface area contributed by atoms with E-state index in [9.17, 15) is 0 Å². The van der Waals surface area contributed by atoms with E-state index in [1.54, 1.807) is 12.4 Å². The molecule has 2 heterocycles. The highest BCUT2D eigenvalue weighted by atomic mass is 32.2. The molecule has 0 amide bonds. The summed E-state index contributed by atoms with van der Waals surface area (Å²) in [5, 5.41) is 3.50. The van der Waals surface area contributed by atoms with Gasteiger partial charge in [-0.05, 0) is 37.7 Å². The van der Waals surface area contributed by atoms with Crippen LogP contribution in [0.2, 0.25) is 0 Å². The molecule has 0 unspecified atom stereocenters. The average molecular weight is 300 g/mol. The summed E-state index contributed by atoms with van der Waals surface area (Å²) >= 11 is 1.95. The Kier molecular flexibility index (Phi) is 4.10. The van der Waals surface area contributed by atoms with Gasteiger partial charge in [0.05, 0.1) is 0 Å². The van der Waals surface area contributed by atoms with Crippen LogP contribution in [0.25, 0.3) is 11.4 Å². The fraction of sp³-hybridized carbons (Fsp3) is 0.438. The molecule has 2 aromatic rings. The van der Waals surface area contributed by atoms with Crippen molar-refractivity contribution >= 4 is 17.6 Å². The molecule has 0 saturated heterocycles. The van der Waals surface area contributed by atoms with Crippen LogP contribution >= 0.6 is 11.8 Å². The quantitative estimate of drug-likeness (QED) is 0.886. The van der Waals surface area contributed by atoms with E-state index in [2.05, 4.69) is 39.5 Å². The minimum Gasteiger partial charge on any atom is -0.369 e. The lowest BCUT2D eigenvalue weighted by Gasteiger charge is -2.14. The molecule has 0 aliphatic heterocycles. The van der Waals surface area contributed by atoms with E-state index < -0.39 is 0 Å². The minimum absolute atomic E-state index is 0.425. The summed E-state index contributed by atoms with van der Waals surface area (Å²) in [6.07, 6.45) is 9.24. The number of nitrogens with one attached hydrogen (secondary N) is 1. The second-order valence-corrected chi connectivity index (χ2v) is 6.67. The Balaban J connectivity index is 1.83. The van der Waals surface area contributed by atoms with Crippen molar-refractivity contribution in [1.82, 2.24) is 15.0 Å². The minimum atomic E-state index is 0.425. The Morgan fingerprint density at radius 3 is 2.62 bits per heavy atom. The van der Waals surface area contributed by atoms with Gasteiger partial charge in [-0.1, -0.05) is 6.92 Å². The number of anilines is 1.